The standard InChI is InChI=1S/C16H31NO2S/c1-5-18-15(12(2)3)14(17-4)13-6-8-19-16(10-13)7-9-20-11-16/h12-15,17H,5-11H2,1-4H3. The van der Waals surface area contributed by atoms with Gasteiger partial charge in [0.1, 0.15) is 0 Å². The molecule has 0 aliphatic carbocycles. The third kappa shape index (κ3) is 3.70. The average molecular weight is 301 g/mol. The monoisotopic (exact) mass is 301 g/mol. The summed E-state index contributed by atoms with van der Waals surface area (Å²) in [6, 6.07) is 0.446. The maximum Gasteiger partial charge on any atom is 0.0783 e. The first-order chi connectivity index (χ1) is 9.62. The second kappa shape index (κ2) is 7.48. The predicted molar refractivity (Wildman–Crippen MR) is 86.4 cm³/mol. The van der Waals surface area contributed by atoms with Crippen molar-refractivity contribution in [2.45, 2.75) is 57.8 Å². The van der Waals surface area contributed by atoms with Crippen molar-refractivity contribution in [1.29, 1.82) is 0 Å². The fourth-order valence-electron chi connectivity index (χ4n) is 3.81. The van der Waals surface area contributed by atoms with E-state index < -0.39 is 0 Å². The summed E-state index contributed by atoms with van der Waals surface area (Å²) in [6.07, 6.45) is 3.89. The molecule has 2 aliphatic rings. The van der Waals surface area contributed by atoms with Crippen molar-refractivity contribution < 1.29 is 9.47 Å². The van der Waals surface area contributed by atoms with Gasteiger partial charge in [-0.3, -0.25) is 0 Å². The van der Waals surface area contributed by atoms with Crippen LogP contribution < -0.4 is 5.32 Å². The largest absolute Gasteiger partial charge is 0.377 e. The minimum atomic E-state index is 0.163. The van der Waals surface area contributed by atoms with E-state index in [1.807, 2.05) is 11.8 Å². The highest BCUT2D eigenvalue weighted by Gasteiger charge is 2.44. The topological polar surface area (TPSA) is 30.5 Å². The van der Waals surface area contributed by atoms with Crippen LogP contribution >= 0.6 is 11.8 Å². The summed E-state index contributed by atoms with van der Waals surface area (Å²) in [5.41, 5.74) is 0.163. The summed E-state index contributed by atoms with van der Waals surface area (Å²) in [5.74, 6) is 3.66. The van der Waals surface area contributed by atoms with Crippen molar-refractivity contribution >= 4 is 11.8 Å². The van der Waals surface area contributed by atoms with Gasteiger partial charge in [0, 0.05) is 25.0 Å². The average Bonchev–Trinajstić information content (AvgIpc) is 2.86. The molecule has 2 rings (SSSR count). The molecule has 2 aliphatic heterocycles. The molecule has 0 aromatic carbocycles. The molecule has 0 bridgehead atoms. The molecule has 0 amide bonds. The first-order valence-electron chi connectivity index (χ1n) is 8.12. The maximum absolute atomic E-state index is 6.16. The van der Waals surface area contributed by atoms with Gasteiger partial charge < -0.3 is 14.8 Å². The molecule has 4 atom stereocenters. The first kappa shape index (κ1) is 16.6. The van der Waals surface area contributed by atoms with Crippen LogP contribution in [0.15, 0.2) is 0 Å². The third-order valence-electron chi connectivity index (χ3n) is 4.81. The van der Waals surface area contributed by atoms with E-state index in [-0.39, 0.29) is 5.60 Å². The second-order valence-electron chi connectivity index (χ2n) is 6.57. The van der Waals surface area contributed by atoms with Gasteiger partial charge in [0.25, 0.3) is 0 Å². The van der Waals surface area contributed by atoms with E-state index >= 15 is 0 Å². The molecule has 0 aromatic rings. The number of likely N-dealkylation sites (N-methyl/N-ethyl adjacent to an activating group) is 1. The quantitative estimate of drug-likeness (QED) is 0.817. The summed E-state index contributed by atoms with van der Waals surface area (Å²) >= 11 is 2.05. The molecule has 4 heteroatoms. The highest BCUT2D eigenvalue weighted by molar-refractivity contribution is 7.99. The van der Waals surface area contributed by atoms with Crippen LogP contribution in [0.2, 0.25) is 0 Å². The van der Waals surface area contributed by atoms with Crippen LogP contribution in [-0.4, -0.2) is 49.5 Å². The molecule has 1 N–H and O–H groups in total. The van der Waals surface area contributed by atoms with Crippen molar-refractivity contribution in [3.63, 3.8) is 0 Å². The Morgan fingerprint density at radius 2 is 2.25 bits per heavy atom. The van der Waals surface area contributed by atoms with Gasteiger partial charge in [-0.15, -0.1) is 0 Å². The van der Waals surface area contributed by atoms with Crippen molar-refractivity contribution in [2.75, 3.05) is 31.8 Å². The summed E-state index contributed by atoms with van der Waals surface area (Å²) in [5, 5.41) is 3.56. The van der Waals surface area contributed by atoms with E-state index in [2.05, 4.69) is 33.1 Å². The minimum Gasteiger partial charge on any atom is -0.377 e. The van der Waals surface area contributed by atoms with Gasteiger partial charge in [0.2, 0.25) is 0 Å². The van der Waals surface area contributed by atoms with Crippen molar-refractivity contribution in [3.05, 3.63) is 0 Å². The minimum absolute atomic E-state index is 0.163. The van der Waals surface area contributed by atoms with Gasteiger partial charge in [-0.05, 0) is 50.8 Å². The van der Waals surface area contributed by atoms with Crippen LogP contribution in [0.3, 0.4) is 0 Å². The fourth-order valence-corrected chi connectivity index (χ4v) is 5.19. The Morgan fingerprint density at radius 1 is 1.45 bits per heavy atom. The Kier molecular flexibility index (Phi) is 6.21. The zero-order chi connectivity index (χ0) is 14.6. The summed E-state index contributed by atoms with van der Waals surface area (Å²) < 4.78 is 12.2. The van der Waals surface area contributed by atoms with Crippen LogP contribution in [-0.2, 0) is 9.47 Å². The van der Waals surface area contributed by atoms with Gasteiger partial charge >= 0.3 is 0 Å². The number of rotatable bonds is 6. The summed E-state index contributed by atoms with van der Waals surface area (Å²) in [7, 11) is 2.09. The molecule has 0 radical (unpaired) electrons. The van der Waals surface area contributed by atoms with Crippen LogP contribution in [0.4, 0.5) is 0 Å². The van der Waals surface area contributed by atoms with E-state index in [1.54, 1.807) is 0 Å². The Labute approximate surface area is 128 Å². The Morgan fingerprint density at radius 3 is 2.80 bits per heavy atom. The molecule has 2 saturated heterocycles. The first-order valence-corrected chi connectivity index (χ1v) is 9.28. The van der Waals surface area contributed by atoms with Gasteiger partial charge in [-0.1, -0.05) is 13.8 Å². The molecule has 2 fully saturated rings. The van der Waals surface area contributed by atoms with Crippen LogP contribution in [0.1, 0.15) is 40.0 Å². The van der Waals surface area contributed by atoms with Gasteiger partial charge in [-0.2, -0.15) is 11.8 Å². The number of hydrogen-bond donors (Lipinski definition) is 1. The normalized spacial score (nSPS) is 33.8. The van der Waals surface area contributed by atoms with Crippen LogP contribution in [0, 0.1) is 11.8 Å². The zero-order valence-electron chi connectivity index (χ0n) is 13.5. The van der Waals surface area contributed by atoms with Crippen molar-refractivity contribution in [3.8, 4) is 0 Å². The fraction of sp³-hybridized carbons (Fsp3) is 1.00. The summed E-state index contributed by atoms with van der Waals surface area (Å²) in [4.78, 5) is 0. The van der Waals surface area contributed by atoms with Crippen molar-refractivity contribution in [1.82, 2.24) is 5.32 Å². The molecule has 118 valence electrons. The molecule has 1 spiro atoms. The van der Waals surface area contributed by atoms with Gasteiger partial charge in [-0.25, -0.2) is 0 Å². The molecule has 3 nitrogen and oxygen atoms in total. The number of hydrogen-bond acceptors (Lipinski definition) is 4. The SMILES string of the molecule is CCOC(C(C)C)C(NC)C1CCOC2(CCSC2)C1. The Bertz CT molecular complexity index is 292. The molecule has 2 heterocycles. The Hall–Kier alpha value is 0.230. The zero-order valence-corrected chi connectivity index (χ0v) is 14.3. The lowest BCUT2D eigenvalue weighted by atomic mass is 9.77. The van der Waals surface area contributed by atoms with E-state index in [0.29, 0.717) is 24.0 Å². The second-order valence-corrected chi connectivity index (χ2v) is 7.67. The maximum atomic E-state index is 6.16. The lowest BCUT2D eigenvalue weighted by Crippen LogP contribution is -2.52. The van der Waals surface area contributed by atoms with Gasteiger partial charge in [0.15, 0.2) is 0 Å². The van der Waals surface area contributed by atoms with E-state index in [1.165, 1.54) is 24.3 Å². The molecule has 0 saturated carbocycles. The number of thioether (sulfide) groups is 1. The molecular formula is C16H31NO2S. The van der Waals surface area contributed by atoms with E-state index in [0.717, 1.165) is 19.6 Å². The number of ether oxygens (including phenoxy) is 2. The lowest BCUT2D eigenvalue weighted by molar-refractivity contribution is -0.101. The smallest absolute Gasteiger partial charge is 0.0783 e. The molecule has 4 unspecified atom stereocenters. The predicted octanol–water partition coefficient (Wildman–Crippen LogP) is 2.94. The lowest BCUT2D eigenvalue weighted by Gasteiger charge is -2.43. The molecular weight excluding hydrogens is 270 g/mol. The highest BCUT2D eigenvalue weighted by atomic mass is 32.2. The van der Waals surface area contributed by atoms with E-state index in [4.69, 9.17) is 9.47 Å². The summed E-state index contributed by atoms with van der Waals surface area (Å²) in [6.45, 7) is 8.35. The van der Waals surface area contributed by atoms with Crippen molar-refractivity contribution in [2.24, 2.45) is 11.8 Å². The third-order valence-corrected chi connectivity index (χ3v) is 6.03. The van der Waals surface area contributed by atoms with Crippen LogP contribution in [0.5, 0.6) is 0 Å². The van der Waals surface area contributed by atoms with Gasteiger partial charge in [0.05, 0.1) is 11.7 Å². The molecule has 0 aromatic heterocycles. The van der Waals surface area contributed by atoms with Crippen LogP contribution in [0.25, 0.3) is 0 Å². The highest BCUT2D eigenvalue weighted by Crippen LogP contribution is 2.42. The van der Waals surface area contributed by atoms with E-state index in [9.17, 15) is 0 Å². The number of nitrogens with one attached hydrogen (secondary N) is 1. The molecule has 20 heavy (non-hydrogen) atoms. The Balaban J connectivity index is 2.05.